The van der Waals surface area contributed by atoms with Gasteiger partial charge in [0.15, 0.2) is 0 Å². The minimum Gasteiger partial charge on any atom is -0.314 e. The molecule has 0 saturated heterocycles. The average Bonchev–Trinajstić information content (AvgIpc) is 2.62. The largest absolute Gasteiger partial charge is 0.314 e. The number of nitrogens with one attached hydrogen (secondary N) is 1. The minimum atomic E-state index is 0.595. The van der Waals surface area contributed by atoms with Gasteiger partial charge in [-0.3, -0.25) is 0 Å². The van der Waals surface area contributed by atoms with Crippen LogP contribution in [0.15, 0.2) is 0 Å². The van der Waals surface area contributed by atoms with Crippen molar-refractivity contribution in [2.75, 3.05) is 6.54 Å². The van der Waals surface area contributed by atoms with Gasteiger partial charge in [-0.05, 0) is 37.6 Å². The normalized spacial score (nSPS) is 23.1. The van der Waals surface area contributed by atoms with E-state index in [1.807, 2.05) is 0 Å². The summed E-state index contributed by atoms with van der Waals surface area (Å²) in [7, 11) is 0. The maximum absolute atomic E-state index is 3.74. The van der Waals surface area contributed by atoms with Crippen molar-refractivity contribution in [3.05, 3.63) is 0 Å². The molecule has 0 amide bonds. The maximum atomic E-state index is 3.74. The molecule has 0 radical (unpaired) electrons. The number of unbranched alkanes of at least 4 members (excludes halogenated alkanes) is 6. The second-order valence-electron chi connectivity index (χ2n) is 6.68. The predicted molar refractivity (Wildman–Crippen MR) is 77.4 cm³/mol. The minimum absolute atomic E-state index is 0.595. The molecule has 1 atom stereocenters. The van der Waals surface area contributed by atoms with Gasteiger partial charge in [0, 0.05) is 6.04 Å². The van der Waals surface area contributed by atoms with Crippen molar-refractivity contribution in [1.82, 2.24) is 5.32 Å². The Hall–Kier alpha value is -0.0400. The van der Waals surface area contributed by atoms with Crippen molar-refractivity contribution in [3.63, 3.8) is 0 Å². The lowest BCUT2D eigenvalue weighted by molar-refractivity contribution is 0.363. The van der Waals surface area contributed by atoms with Crippen LogP contribution in [0.25, 0.3) is 0 Å². The van der Waals surface area contributed by atoms with Crippen molar-refractivity contribution in [2.24, 2.45) is 5.41 Å². The van der Waals surface area contributed by atoms with Gasteiger partial charge in [0.1, 0.15) is 0 Å². The zero-order valence-electron chi connectivity index (χ0n) is 12.4. The van der Waals surface area contributed by atoms with Crippen LogP contribution in [-0.2, 0) is 0 Å². The Balaban J connectivity index is 1.85. The molecule has 17 heavy (non-hydrogen) atoms. The number of hydrogen-bond donors (Lipinski definition) is 1. The van der Waals surface area contributed by atoms with E-state index in [0.717, 1.165) is 6.04 Å². The molecular weight excluding hydrogens is 206 g/mol. The highest BCUT2D eigenvalue weighted by molar-refractivity contribution is 4.86. The third kappa shape index (κ3) is 7.08. The van der Waals surface area contributed by atoms with Gasteiger partial charge in [-0.15, -0.1) is 0 Å². The third-order valence-corrected chi connectivity index (χ3v) is 4.18. The second kappa shape index (κ2) is 8.13. The van der Waals surface area contributed by atoms with Gasteiger partial charge in [-0.1, -0.05) is 59.3 Å². The first-order valence-corrected chi connectivity index (χ1v) is 7.87. The lowest BCUT2D eigenvalue weighted by atomic mass is 9.92. The molecule has 1 nitrogen and oxygen atoms in total. The quantitative estimate of drug-likeness (QED) is 0.564. The molecule has 1 fully saturated rings. The van der Waals surface area contributed by atoms with E-state index in [-0.39, 0.29) is 0 Å². The van der Waals surface area contributed by atoms with Gasteiger partial charge in [0.05, 0.1) is 0 Å². The Morgan fingerprint density at radius 1 is 1.00 bits per heavy atom. The van der Waals surface area contributed by atoms with E-state index in [1.165, 1.54) is 70.8 Å². The molecule has 1 unspecified atom stereocenters. The molecule has 0 aromatic heterocycles. The molecule has 102 valence electrons. The molecule has 1 saturated carbocycles. The van der Waals surface area contributed by atoms with E-state index < -0.39 is 0 Å². The van der Waals surface area contributed by atoms with E-state index in [9.17, 15) is 0 Å². The van der Waals surface area contributed by atoms with Gasteiger partial charge in [-0.2, -0.15) is 0 Å². The van der Waals surface area contributed by atoms with Crippen LogP contribution < -0.4 is 5.32 Å². The summed E-state index contributed by atoms with van der Waals surface area (Å²) >= 11 is 0. The first-order chi connectivity index (χ1) is 8.14. The van der Waals surface area contributed by atoms with Crippen LogP contribution in [0.4, 0.5) is 0 Å². The summed E-state index contributed by atoms with van der Waals surface area (Å²) in [5.41, 5.74) is 0.595. The topological polar surface area (TPSA) is 12.0 Å². The third-order valence-electron chi connectivity index (χ3n) is 4.18. The molecule has 1 rings (SSSR count). The van der Waals surface area contributed by atoms with Gasteiger partial charge >= 0.3 is 0 Å². The van der Waals surface area contributed by atoms with Crippen LogP contribution in [0.5, 0.6) is 0 Å². The van der Waals surface area contributed by atoms with Crippen LogP contribution in [0, 0.1) is 5.41 Å². The van der Waals surface area contributed by atoms with Crippen molar-refractivity contribution in [3.8, 4) is 0 Å². The van der Waals surface area contributed by atoms with E-state index in [1.54, 1.807) is 0 Å². The summed E-state index contributed by atoms with van der Waals surface area (Å²) in [6.07, 6.45) is 14.1. The smallest absolute Gasteiger partial charge is 0.00723 e. The molecule has 0 aromatic carbocycles. The molecule has 1 aliphatic rings. The Bertz CT molecular complexity index is 186. The fraction of sp³-hybridized carbons (Fsp3) is 1.00. The summed E-state index contributed by atoms with van der Waals surface area (Å²) < 4.78 is 0. The first kappa shape index (κ1) is 15.0. The summed E-state index contributed by atoms with van der Waals surface area (Å²) in [5, 5.41) is 3.74. The molecule has 0 heterocycles. The molecule has 1 heteroatoms. The second-order valence-corrected chi connectivity index (χ2v) is 6.68. The number of rotatable bonds is 9. The van der Waals surface area contributed by atoms with Crippen LogP contribution >= 0.6 is 0 Å². The SMILES string of the molecule is CCCCCCCCCNC1CCC(C)(C)C1. The molecule has 1 aliphatic carbocycles. The Morgan fingerprint density at radius 2 is 1.65 bits per heavy atom. The van der Waals surface area contributed by atoms with E-state index in [2.05, 4.69) is 26.1 Å². The average molecular weight is 239 g/mol. The van der Waals surface area contributed by atoms with Gasteiger partial charge in [0.25, 0.3) is 0 Å². The lowest BCUT2D eigenvalue weighted by Gasteiger charge is -2.17. The van der Waals surface area contributed by atoms with Crippen molar-refractivity contribution in [1.29, 1.82) is 0 Å². The molecular formula is C16H33N. The zero-order chi connectivity index (χ0) is 12.6. The highest BCUT2D eigenvalue weighted by atomic mass is 14.9. The highest BCUT2D eigenvalue weighted by Crippen LogP contribution is 2.36. The van der Waals surface area contributed by atoms with Gasteiger partial charge in [0.2, 0.25) is 0 Å². The van der Waals surface area contributed by atoms with Gasteiger partial charge in [-0.25, -0.2) is 0 Å². The molecule has 0 bridgehead atoms. The van der Waals surface area contributed by atoms with Crippen LogP contribution in [0.1, 0.15) is 85.0 Å². The summed E-state index contributed by atoms with van der Waals surface area (Å²) in [6, 6.07) is 0.810. The standard InChI is InChI=1S/C16H33N/c1-4-5-6-7-8-9-10-13-17-15-11-12-16(2,3)14-15/h15,17H,4-14H2,1-3H3. The summed E-state index contributed by atoms with van der Waals surface area (Å²) in [6.45, 7) is 8.34. The maximum Gasteiger partial charge on any atom is 0.00723 e. The first-order valence-electron chi connectivity index (χ1n) is 7.87. The van der Waals surface area contributed by atoms with Crippen molar-refractivity contribution in [2.45, 2.75) is 91.0 Å². The van der Waals surface area contributed by atoms with E-state index in [4.69, 9.17) is 0 Å². The Kier molecular flexibility index (Phi) is 7.18. The van der Waals surface area contributed by atoms with Crippen molar-refractivity contribution >= 4 is 0 Å². The van der Waals surface area contributed by atoms with E-state index in [0.29, 0.717) is 5.41 Å². The monoisotopic (exact) mass is 239 g/mol. The fourth-order valence-corrected chi connectivity index (χ4v) is 3.00. The summed E-state index contributed by atoms with van der Waals surface area (Å²) in [5.74, 6) is 0. The summed E-state index contributed by atoms with van der Waals surface area (Å²) in [4.78, 5) is 0. The fourth-order valence-electron chi connectivity index (χ4n) is 3.00. The van der Waals surface area contributed by atoms with Crippen molar-refractivity contribution < 1.29 is 0 Å². The number of hydrogen-bond acceptors (Lipinski definition) is 1. The van der Waals surface area contributed by atoms with E-state index >= 15 is 0 Å². The Morgan fingerprint density at radius 3 is 2.24 bits per heavy atom. The van der Waals surface area contributed by atoms with Gasteiger partial charge < -0.3 is 5.32 Å². The van der Waals surface area contributed by atoms with Crippen LogP contribution in [0.3, 0.4) is 0 Å². The van der Waals surface area contributed by atoms with Crippen LogP contribution in [-0.4, -0.2) is 12.6 Å². The molecule has 0 spiro atoms. The zero-order valence-corrected chi connectivity index (χ0v) is 12.4. The molecule has 0 aromatic rings. The Labute approximate surface area is 109 Å². The van der Waals surface area contributed by atoms with Crippen LogP contribution in [0.2, 0.25) is 0 Å². The molecule has 0 aliphatic heterocycles. The molecule has 1 N–H and O–H groups in total. The highest BCUT2D eigenvalue weighted by Gasteiger charge is 2.30. The predicted octanol–water partition coefficient (Wildman–Crippen LogP) is 4.91. The lowest BCUT2D eigenvalue weighted by Crippen LogP contribution is -2.28.